The lowest BCUT2D eigenvalue weighted by atomic mass is 9.65. The van der Waals surface area contributed by atoms with Gasteiger partial charge in [0.05, 0.1) is 19.1 Å². The number of carbonyl (C=O) groups is 2. The summed E-state index contributed by atoms with van der Waals surface area (Å²) in [7, 11) is 2.86. The van der Waals surface area contributed by atoms with Gasteiger partial charge < -0.3 is 19.9 Å². The Kier molecular flexibility index (Phi) is 12.6. The van der Waals surface area contributed by atoms with Crippen molar-refractivity contribution in [2.45, 2.75) is 76.9 Å². The smallest absolute Gasteiger partial charge is 0.299 e. The molecule has 13 heteroatoms. The van der Waals surface area contributed by atoms with Crippen molar-refractivity contribution < 1.29 is 32.6 Å². The van der Waals surface area contributed by atoms with E-state index in [9.17, 15) is 18.4 Å². The zero-order valence-corrected chi connectivity index (χ0v) is 33.2. The van der Waals surface area contributed by atoms with E-state index in [1.54, 1.807) is 18.2 Å². The number of ketones is 1. The monoisotopic (exact) mass is 777 g/mol. The van der Waals surface area contributed by atoms with Gasteiger partial charge in [0.15, 0.2) is 34.0 Å². The largest absolute Gasteiger partial charge is 0.494 e. The zero-order chi connectivity index (χ0) is 36.7. The fraction of sp³-hybridized carbons (Fsp3) is 0.538. The van der Waals surface area contributed by atoms with Gasteiger partial charge in [-0.15, -0.1) is 23.7 Å². The van der Waals surface area contributed by atoms with Crippen LogP contribution in [0.1, 0.15) is 69.5 Å². The Morgan fingerprint density at radius 1 is 0.808 bits per heavy atom. The highest BCUT2D eigenvalue weighted by Crippen LogP contribution is 2.46. The van der Waals surface area contributed by atoms with Crippen LogP contribution in [-0.4, -0.2) is 79.6 Å². The van der Waals surface area contributed by atoms with Crippen molar-refractivity contribution in [1.82, 2.24) is 9.80 Å². The van der Waals surface area contributed by atoms with E-state index in [4.69, 9.17) is 15.2 Å². The standard InChI is InChI=1S/C20H24FNO2S.C10H7FO3S.C9H18N2.ClH/c1-20(2)14(12-4-6-22(20)7-5-12)10-16(23)19-9-13-8-15(21)17(24-3)11-18(13)25-19;1-13-8-4-9-6(2-7(8)11)3-10(15-9)14-5-12;1-9(2)8(10)7-3-5-11(9)6-4-7;/h8-9,11-12,14H,4-7,10H2,1-3H3;2-5H,1H3;7-8H,3-6,10H2,1-2H3;1H/t14-;;8-;/m1.1./s1. The van der Waals surface area contributed by atoms with Crippen LogP contribution in [0.15, 0.2) is 36.4 Å². The Morgan fingerprint density at radius 2 is 1.31 bits per heavy atom. The number of hydrogen-bond donors (Lipinski definition) is 1. The Hall–Kier alpha value is -2.87. The van der Waals surface area contributed by atoms with Crippen LogP contribution in [-0.2, 0) is 4.79 Å². The number of hydrogen-bond acceptors (Lipinski definition) is 10. The number of nitrogens with two attached hydrogens (primary N) is 1. The molecule has 8 nitrogen and oxygen atoms in total. The number of ether oxygens (including phenoxy) is 3. The molecule has 6 aliphatic heterocycles. The molecule has 0 saturated carbocycles. The lowest BCUT2D eigenvalue weighted by Crippen LogP contribution is -2.67. The van der Waals surface area contributed by atoms with Crippen LogP contribution < -0.4 is 19.9 Å². The molecule has 284 valence electrons. The van der Waals surface area contributed by atoms with Gasteiger partial charge in [-0.05, 0) is 126 Å². The van der Waals surface area contributed by atoms with Gasteiger partial charge in [0, 0.05) is 51.1 Å². The summed E-state index contributed by atoms with van der Waals surface area (Å²) in [5.74, 6) is 1.64. The molecule has 8 heterocycles. The summed E-state index contributed by atoms with van der Waals surface area (Å²) in [5.41, 5.74) is 6.51. The van der Waals surface area contributed by atoms with Crippen LogP contribution in [0, 0.1) is 29.4 Å². The molecule has 2 atom stereocenters. The molecule has 4 bridgehead atoms. The third kappa shape index (κ3) is 7.98. The van der Waals surface area contributed by atoms with Gasteiger partial charge in [-0.3, -0.25) is 19.4 Å². The molecule has 2 aromatic carbocycles. The minimum absolute atomic E-state index is 0. The molecule has 2 N–H and O–H groups in total. The van der Waals surface area contributed by atoms with Crippen molar-refractivity contribution in [3.8, 4) is 16.6 Å². The number of piperidine rings is 6. The first-order chi connectivity index (χ1) is 24.3. The lowest BCUT2D eigenvalue weighted by Gasteiger charge is -2.56. The summed E-state index contributed by atoms with van der Waals surface area (Å²) in [4.78, 5) is 28.9. The van der Waals surface area contributed by atoms with E-state index in [-0.39, 0.29) is 46.6 Å². The van der Waals surface area contributed by atoms with E-state index < -0.39 is 5.82 Å². The van der Waals surface area contributed by atoms with Gasteiger partial charge in [-0.2, -0.15) is 0 Å². The zero-order valence-electron chi connectivity index (χ0n) is 30.7. The molecule has 0 amide bonds. The highest BCUT2D eigenvalue weighted by molar-refractivity contribution is 7.21. The summed E-state index contributed by atoms with van der Waals surface area (Å²) < 4.78 is 43.5. The van der Waals surface area contributed by atoms with Gasteiger partial charge in [0.1, 0.15) is 0 Å². The molecule has 0 spiro atoms. The van der Waals surface area contributed by atoms with Gasteiger partial charge in [0.25, 0.3) is 6.47 Å². The average molecular weight is 778 g/mol. The quantitative estimate of drug-likeness (QED) is 0.147. The summed E-state index contributed by atoms with van der Waals surface area (Å²) >= 11 is 2.70. The molecule has 0 aliphatic carbocycles. The highest BCUT2D eigenvalue weighted by Gasteiger charge is 2.48. The maximum atomic E-state index is 13.9. The third-order valence-electron chi connectivity index (χ3n) is 11.9. The predicted molar refractivity (Wildman–Crippen MR) is 208 cm³/mol. The number of carbonyl (C=O) groups excluding carboxylic acids is 2. The number of rotatable bonds is 7. The number of benzene rings is 2. The number of fused-ring (bicyclic) bond motifs is 8. The van der Waals surface area contributed by atoms with Gasteiger partial charge in [-0.25, -0.2) is 8.78 Å². The van der Waals surface area contributed by atoms with Crippen molar-refractivity contribution in [3.63, 3.8) is 0 Å². The van der Waals surface area contributed by atoms with Crippen molar-refractivity contribution >= 4 is 67.5 Å². The van der Waals surface area contributed by atoms with Crippen LogP contribution in [0.3, 0.4) is 0 Å². The number of thiophene rings is 2. The number of Topliss-reactive ketones (excluding diaryl/α,β-unsaturated/α-hetero) is 1. The Balaban J connectivity index is 0.000000164. The van der Waals surface area contributed by atoms with Crippen LogP contribution in [0.2, 0.25) is 0 Å². The molecular weight excluding hydrogens is 728 g/mol. The Labute approximate surface area is 319 Å². The van der Waals surface area contributed by atoms with Crippen molar-refractivity contribution in [2.75, 3.05) is 40.4 Å². The lowest BCUT2D eigenvalue weighted by molar-refractivity contribution is -0.120. The van der Waals surface area contributed by atoms with Crippen LogP contribution in [0.25, 0.3) is 20.2 Å². The second-order valence-corrected chi connectivity index (χ2v) is 17.3. The fourth-order valence-electron chi connectivity index (χ4n) is 8.64. The van der Waals surface area contributed by atoms with Gasteiger partial charge in [0.2, 0.25) is 0 Å². The molecule has 6 saturated heterocycles. The highest BCUT2D eigenvalue weighted by atomic mass is 35.5. The van der Waals surface area contributed by atoms with E-state index in [0.717, 1.165) is 38.7 Å². The number of methoxy groups -OCH3 is 2. The van der Waals surface area contributed by atoms with E-state index in [0.29, 0.717) is 41.2 Å². The summed E-state index contributed by atoms with van der Waals surface area (Å²) in [6.07, 6.45) is 5.64. The Bertz CT molecular complexity index is 1880. The topological polar surface area (TPSA) is 94.3 Å². The first-order valence-electron chi connectivity index (χ1n) is 17.7. The van der Waals surface area contributed by atoms with Crippen molar-refractivity contribution in [3.05, 3.63) is 52.9 Å². The SMILES string of the molecule is CC1(C)[C@H](N)C2CCN1CC2.COc1cc2sc(C(=O)C[C@@H]3C4CCN(CC4)C3(C)C)cc2cc1F.COc1cc2sc(OC=O)cc2cc1F.Cl. The average Bonchev–Trinajstić information content (AvgIpc) is 3.71. The number of nitrogens with zero attached hydrogens (tertiary/aromatic N) is 2. The maximum Gasteiger partial charge on any atom is 0.299 e. The predicted octanol–water partition coefficient (Wildman–Crippen LogP) is 8.57. The first-order valence-corrected chi connectivity index (χ1v) is 19.3. The summed E-state index contributed by atoms with van der Waals surface area (Å²) in [5, 5.41) is 1.91. The molecular formula is C39H50ClF2N3O5S2. The molecule has 0 radical (unpaired) electrons. The third-order valence-corrected chi connectivity index (χ3v) is 14.0. The van der Waals surface area contributed by atoms with Crippen LogP contribution in [0.5, 0.6) is 16.6 Å². The van der Waals surface area contributed by atoms with Gasteiger partial charge in [-0.1, -0.05) is 11.3 Å². The van der Waals surface area contributed by atoms with Gasteiger partial charge >= 0.3 is 0 Å². The number of halogens is 3. The van der Waals surface area contributed by atoms with E-state index >= 15 is 0 Å². The minimum Gasteiger partial charge on any atom is -0.494 e. The molecule has 6 aliphatic rings. The molecule has 52 heavy (non-hydrogen) atoms. The second kappa shape index (κ2) is 16.2. The molecule has 0 unspecified atom stereocenters. The Morgan fingerprint density at radius 3 is 1.77 bits per heavy atom. The maximum absolute atomic E-state index is 13.9. The van der Waals surface area contributed by atoms with Crippen LogP contribution >= 0.6 is 35.1 Å². The van der Waals surface area contributed by atoms with E-state index in [1.165, 1.54) is 87.8 Å². The van der Waals surface area contributed by atoms with E-state index in [1.807, 2.05) is 6.07 Å². The molecule has 2 aromatic heterocycles. The van der Waals surface area contributed by atoms with Crippen LogP contribution in [0.4, 0.5) is 8.78 Å². The molecule has 6 fully saturated rings. The second-order valence-electron chi connectivity index (χ2n) is 15.2. The molecule has 4 aromatic rings. The van der Waals surface area contributed by atoms with Crippen molar-refractivity contribution in [2.24, 2.45) is 23.5 Å². The normalized spacial score (nSPS) is 26.3. The minimum atomic E-state index is -0.430. The van der Waals surface area contributed by atoms with Crippen molar-refractivity contribution in [1.29, 1.82) is 0 Å². The summed E-state index contributed by atoms with van der Waals surface area (Å²) in [6, 6.07) is 9.92. The summed E-state index contributed by atoms with van der Waals surface area (Å²) in [6.45, 7) is 14.3. The first kappa shape index (κ1) is 40.3. The van der Waals surface area contributed by atoms with E-state index in [2.05, 4.69) is 42.2 Å². The fourth-order valence-corrected chi connectivity index (χ4v) is 10.6. The molecule has 10 rings (SSSR count).